The third kappa shape index (κ3) is 2.22. The lowest BCUT2D eigenvalue weighted by atomic mass is 10.0. The van der Waals surface area contributed by atoms with E-state index in [1.807, 2.05) is 12.1 Å². The molecule has 1 aliphatic rings. The molecule has 1 aliphatic heterocycles. The van der Waals surface area contributed by atoms with Gasteiger partial charge >= 0.3 is 0 Å². The number of hydrogen-bond acceptors (Lipinski definition) is 2. The molecule has 0 saturated carbocycles. The first kappa shape index (κ1) is 11.5. The smallest absolute Gasteiger partial charge is 0.150 e. The van der Waals surface area contributed by atoms with Crippen LogP contribution in [0.2, 0.25) is 5.02 Å². The highest BCUT2D eigenvalue weighted by Gasteiger charge is 2.20. The number of carbonyl (C=O) groups is 1. The van der Waals surface area contributed by atoms with Crippen LogP contribution in [0.3, 0.4) is 0 Å². The fourth-order valence-corrected chi connectivity index (χ4v) is 2.58. The van der Waals surface area contributed by atoms with E-state index in [4.69, 9.17) is 11.6 Å². The van der Waals surface area contributed by atoms with Crippen molar-refractivity contribution in [2.24, 2.45) is 0 Å². The minimum Gasteiger partial charge on any atom is -0.368 e. The SMILES string of the molecule is CC1CCCCN1c1ccc(C=O)cc1Cl. The van der Waals surface area contributed by atoms with E-state index < -0.39 is 0 Å². The molecule has 3 heteroatoms. The maximum atomic E-state index is 10.6. The fourth-order valence-electron chi connectivity index (χ4n) is 2.29. The zero-order valence-corrected chi connectivity index (χ0v) is 10.2. The number of piperidine rings is 1. The molecule has 1 saturated heterocycles. The number of benzene rings is 1. The van der Waals surface area contributed by atoms with Gasteiger partial charge in [0.2, 0.25) is 0 Å². The van der Waals surface area contributed by atoms with Gasteiger partial charge in [-0.15, -0.1) is 0 Å². The van der Waals surface area contributed by atoms with Crippen LogP contribution in [0, 0.1) is 0 Å². The molecule has 0 N–H and O–H groups in total. The van der Waals surface area contributed by atoms with Gasteiger partial charge in [-0.1, -0.05) is 11.6 Å². The van der Waals surface area contributed by atoms with Crippen LogP contribution in [0.4, 0.5) is 5.69 Å². The van der Waals surface area contributed by atoms with Crippen molar-refractivity contribution in [1.82, 2.24) is 0 Å². The summed E-state index contributed by atoms with van der Waals surface area (Å²) in [6, 6.07) is 6.06. The van der Waals surface area contributed by atoms with Gasteiger partial charge in [0, 0.05) is 18.2 Å². The minimum absolute atomic E-state index is 0.535. The molecule has 0 aliphatic carbocycles. The highest BCUT2D eigenvalue weighted by Crippen LogP contribution is 2.31. The third-order valence-electron chi connectivity index (χ3n) is 3.22. The highest BCUT2D eigenvalue weighted by atomic mass is 35.5. The summed E-state index contributed by atoms with van der Waals surface area (Å²) in [7, 11) is 0. The summed E-state index contributed by atoms with van der Waals surface area (Å²) in [5.41, 5.74) is 1.69. The fraction of sp³-hybridized carbons (Fsp3) is 0.462. The second-order valence-electron chi connectivity index (χ2n) is 4.37. The Morgan fingerprint density at radius 1 is 1.44 bits per heavy atom. The number of halogens is 1. The molecule has 0 bridgehead atoms. The van der Waals surface area contributed by atoms with Crippen molar-refractivity contribution in [2.45, 2.75) is 32.2 Å². The lowest BCUT2D eigenvalue weighted by Gasteiger charge is -2.36. The predicted octanol–water partition coefficient (Wildman–Crippen LogP) is 3.53. The molecule has 1 heterocycles. The van der Waals surface area contributed by atoms with E-state index in [1.165, 1.54) is 19.3 Å². The number of carbonyl (C=O) groups excluding carboxylic acids is 1. The molecule has 1 aromatic carbocycles. The Morgan fingerprint density at radius 2 is 2.25 bits per heavy atom. The summed E-state index contributed by atoms with van der Waals surface area (Å²) in [5, 5.41) is 0.679. The van der Waals surface area contributed by atoms with Crippen LogP contribution in [0.1, 0.15) is 36.5 Å². The zero-order valence-electron chi connectivity index (χ0n) is 9.45. The molecule has 0 aromatic heterocycles. The van der Waals surface area contributed by atoms with Crippen molar-refractivity contribution < 1.29 is 4.79 Å². The molecule has 1 fully saturated rings. The largest absolute Gasteiger partial charge is 0.368 e. The quantitative estimate of drug-likeness (QED) is 0.734. The van der Waals surface area contributed by atoms with E-state index in [-0.39, 0.29) is 0 Å². The Hall–Kier alpha value is -1.02. The molecule has 16 heavy (non-hydrogen) atoms. The molecule has 0 amide bonds. The second-order valence-corrected chi connectivity index (χ2v) is 4.77. The van der Waals surface area contributed by atoms with Crippen molar-refractivity contribution in [1.29, 1.82) is 0 Å². The van der Waals surface area contributed by atoms with Gasteiger partial charge in [0.1, 0.15) is 6.29 Å². The molecule has 86 valence electrons. The highest BCUT2D eigenvalue weighted by molar-refractivity contribution is 6.33. The molecule has 0 radical (unpaired) electrons. The number of aldehydes is 1. The van der Waals surface area contributed by atoms with Crippen LogP contribution < -0.4 is 4.90 Å². The molecule has 1 atom stereocenters. The zero-order chi connectivity index (χ0) is 11.5. The molecular weight excluding hydrogens is 222 g/mol. The minimum atomic E-state index is 0.535. The van der Waals surface area contributed by atoms with Crippen LogP contribution in [-0.4, -0.2) is 18.9 Å². The maximum absolute atomic E-state index is 10.6. The van der Waals surface area contributed by atoms with Crippen LogP contribution >= 0.6 is 11.6 Å². The van der Waals surface area contributed by atoms with Crippen LogP contribution in [-0.2, 0) is 0 Å². The average Bonchev–Trinajstić information content (AvgIpc) is 2.30. The summed E-state index contributed by atoms with van der Waals surface area (Å²) < 4.78 is 0. The third-order valence-corrected chi connectivity index (χ3v) is 3.52. The standard InChI is InChI=1S/C13H16ClNO/c1-10-4-2-3-7-15(10)13-6-5-11(9-16)8-12(13)14/h5-6,8-10H,2-4,7H2,1H3. The van der Waals surface area contributed by atoms with Crippen molar-refractivity contribution in [3.63, 3.8) is 0 Å². The maximum Gasteiger partial charge on any atom is 0.150 e. The normalized spacial score (nSPS) is 20.9. The monoisotopic (exact) mass is 237 g/mol. The van der Waals surface area contributed by atoms with Gasteiger partial charge in [0.15, 0.2) is 0 Å². The van der Waals surface area contributed by atoms with E-state index in [9.17, 15) is 4.79 Å². The molecule has 1 unspecified atom stereocenters. The average molecular weight is 238 g/mol. The van der Waals surface area contributed by atoms with Gasteiger partial charge in [-0.2, -0.15) is 0 Å². The summed E-state index contributed by atoms with van der Waals surface area (Å²) in [6.45, 7) is 3.28. The first-order chi connectivity index (χ1) is 7.72. The van der Waals surface area contributed by atoms with E-state index in [0.29, 0.717) is 16.6 Å². The number of hydrogen-bond donors (Lipinski definition) is 0. The van der Waals surface area contributed by atoms with Crippen molar-refractivity contribution in [3.05, 3.63) is 28.8 Å². The van der Waals surface area contributed by atoms with Crippen molar-refractivity contribution in [2.75, 3.05) is 11.4 Å². The molecule has 1 aromatic rings. The Labute approximate surface area is 101 Å². The van der Waals surface area contributed by atoms with Gasteiger partial charge in [-0.05, 0) is 44.4 Å². The lowest BCUT2D eigenvalue weighted by Crippen LogP contribution is -2.37. The van der Waals surface area contributed by atoms with E-state index in [1.54, 1.807) is 6.07 Å². The first-order valence-corrected chi connectivity index (χ1v) is 6.11. The number of rotatable bonds is 2. The number of anilines is 1. The number of nitrogens with zero attached hydrogens (tertiary/aromatic N) is 1. The predicted molar refractivity (Wildman–Crippen MR) is 67.5 cm³/mol. The topological polar surface area (TPSA) is 20.3 Å². The van der Waals surface area contributed by atoms with E-state index in [2.05, 4.69) is 11.8 Å². The van der Waals surface area contributed by atoms with Gasteiger partial charge in [0.25, 0.3) is 0 Å². The molecule has 0 spiro atoms. The van der Waals surface area contributed by atoms with Gasteiger partial charge in [-0.25, -0.2) is 0 Å². The van der Waals surface area contributed by atoms with Crippen LogP contribution in [0.15, 0.2) is 18.2 Å². The Kier molecular flexibility index (Phi) is 3.49. The van der Waals surface area contributed by atoms with Crippen LogP contribution in [0.25, 0.3) is 0 Å². The molecule has 2 nitrogen and oxygen atoms in total. The van der Waals surface area contributed by atoms with Gasteiger partial charge in [-0.3, -0.25) is 4.79 Å². The summed E-state index contributed by atoms with van der Waals surface area (Å²) in [6.07, 6.45) is 4.55. The lowest BCUT2D eigenvalue weighted by molar-refractivity contribution is 0.112. The van der Waals surface area contributed by atoms with E-state index >= 15 is 0 Å². The van der Waals surface area contributed by atoms with Crippen LogP contribution in [0.5, 0.6) is 0 Å². The Balaban J connectivity index is 2.28. The summed E-state index contributed by atoms with van der Waals surface area (Å²) in [5.74, 6) is 0. The second kappa shape index (κ2) is 4.88. The Bertz CT molecular complexity index is 392. The van der Waals surface area contributed by atoms with Gasteiger partial charge in [0.05, 0.1) is 10.7 Å². The van der Waals surface area contributed by atoms with E-state index in [0.717, 1.165) is 18.5 Å². The molecular formula is C13H16ClNO. The first-order valence-electron chi connectivity index (χ1n) is 5.74. The summed E-state index contributed by atoms with van der Waals surface area (Å²) in [4.78, 5) is 13.0. The van der Waals surface area contributed by atoms with Crippen molar-refractivity contribution >= 4 is 23.6 Å². The molecule has 2 rings (SSSR count). The van der Waals surface area contributed by atoms with Gasteiger partial charge < -0.3 is 4.90 Å². The Morgan fingerprint density at radius 3 is 2.88 bits per heavy atom. The summed E-state index contributed by atoms with van der Waals surface area (Å²) >= 11 is 6.21. The van der Waals surface area contributed by atoms with Crippen molar-refractivity contribution in [3.8, 4) is 0 Å².